The largest absolute Gasteiger partial charge is 0.481 e. The first-order chi connectivity index (χ1) is 8.49. The monoisotopic (exact) mass is 251 g/mol. The lowest BCUT2D eigenvalue weighted by atomic mass is 9.73. The lowest BCUT2D eigenvalue weighted by Gasteiger charge is -2.32. The van der Waals surface area contributed by atoms with Crippen molar-refractivity contribution >= 4 is 11.9 Å². The molecule has 3 atom stereocenters. The van der Waals surface area contributed by atoms with Crippen LogP contribution >= 0.6 is 0 Å². The Labute approximate surface area is 105 Å². The Balaban J connectivity index is 1.93. The molecule has 6 heteroatoms. The summed E-state index contributed by atoms with van der Waals surface area (Å²) in [5.41, 5.74) is 0.914. The average molecular weight is 251 g/mol. The molecular weight excluding hydrogens is 234 g/mol. The average Bonchev–Trinajstić information content (AvgIpc) is 2.61. The molecule has 0 bridgehead atoms. The van der Waals surface area contributed by atoms with Crippen molar-refractivity contribution in [2.24, 2.45) is 18.9 Å². The first-order valence-electron chi connectivity index (χ1n) is 6.00. The molecule has 2 rings (SSSR count). The number of aromatic nitrogens is 2. The van der Waals surface area contributed by atoms with Crippen LogP contribution in [-0.4, -0.2) is 26.8 Å². The fraction of sp³-hybridized carbons (Fsp3) is 0.583. The van der Waals surface area contributed by atoms with Crippen LogP contribution < -0.4 is 5.32 Å². The van der Waals surface area contributed by atoms with Gasteiger partial charge in [0.1, 0.15) is 0 Å². The van der Waals surface area contributed by atoms with Crippen LogP contribution in [-0.2, 0) is 16.6 Å². The standard InChI is InChI=1S/C12H17N3O3/c1-7(8-5-13-15(2)6-8)14-11(16)9-3-4-10(9)12(17)18/h5-7,9-10H,3-4H2,1-2H3,(H,14,16)(H,17,18). The molecule has 0 aliphatic heterocycles. The van der Waals surface area contributed by atoms with Gasteiger partial charge in [-0.3, -0.25) is 14.3 Å². The zero-order valence-electron chi connectivity index (χ0n) is 10.5. The fourth-order valence-electron chi connectivity index (χ4n) is 2.18. The number of carbonyl (C=O) groups is 2. The second kappa shape index (κ2) is 4.80. The van der Waals surface area contributed by atoms with Crippen LogP contribution in [0.4, 0.5) is 0 Å². The highest BCUT2D eigenvalue weighted by Crippen LogP contribution is 2.35. The van der Waals surface area contributed by atoms with Gasteiger partial charge in [0.25, 0.3) is 0 Å². The third-order valence-corrected chi connectivity index (χ3v) is 3.51. The summed E-state index contributed by atoms with van der Waals surface area (Å²) in [6.07, 6.45) is 4.78. The highest BCUT2D eigenvalue weighted by atomic mass is 16.4. The van der Waals surface area contributed by atoms with Gasteiger partial charge in [-0.15, -0.1) is 0 Å². The number of hydrogen-bond donors (Lipinski definition) is 2. The van der Waals surface area contributed by atoms with Crippen molar-refractivity contribution in [2.45, 2.75) is 25.8 Å². The zero-order chi connectivity index (χ0) is 13.3. The summed E-state index contributed by atoms with van der Waals surface area (Å²) in [5, 5.41) is 15.8. The van der Waals surface area contributed by atoms with Gasteiger partial charge in [-0.25, -0.2) is 0 Å². The number of nitrogens with zero attached hydrogens (tertiary/aromatic N) is 2. The third-order valence-electron chi connectivity index (χ3n) is 3.51. The molecule has 1 aromatic rings. The number of carboxylic acids is 1. The van der Waals surface area contributed by atoms with Crippen molar-refractivity contribution in [1.29, 1.82) is 0 Å². The molecule has 6 nitrogen and oxygen atoms in total. The summed E-state index contributed by atoms with van der Waals surface area (Å²) >= 11 is 0. The van der Waals surface area contributed by atoms with Crippen molar-refractivity contribution in [3.8, 4) is 0 Å². The van der Waals surface area contributed by atoms with Crippen LogP contribution in [0.2, 0.25) is 0 Å². The van der Waals surface area contributed by atoms with Gasteiger partial charge in [-0.2, -0.15) is 5.10 Å². The maximum absolute atomic E-state index is 11.9. The molecule has 0 spiro atoms. The highest BCUT2D eigenvalue weighted by Gasteiger charge is 2.41. The third kappa shape index (κ3) is 2.37. The van der Waals surface area contributed by atoms with Crippen LogP contribution in [0.15, 0.2) is 12.4 Å². The number of rotatable bonds is 4. The maximum atomic E-state index is 11.9. The molecule has 98 valence electrons. The van der Waals surface area contributed by atoms with Crippen molar-refractivity contribution < 1.29 is 14.7 Å². The quantitative estimate of drug-likeness (QED) is 0.825. The predicted molar refractivity (Wildman–Crippen MR) is 63.6 cm³/mol. The molecule has 0 saturated heterocycles. The second-order valence-electron chi connectivity index (χ2n) is 4.81. The molecule has 0 aromatic carbocycles. The van der Waals surface area contributed by atoms with Crippen molar-refractivity contribution in [3.63, 3.8) is 0 Å². The Morgan fingerprint density at radius 1 is 1.50 bits per heavy atom. The predicted octanol–water partition coefficient (Wildman–Crippen LogP) is 0.708. The summed E-state index contributed by atoms with van der Waals surface area (Å²) in [6, 6.07) is -0.152. The minimum atomic E-state index is -0.879. The molecule has 1 aliphatic carbocycles. The van der Waals surface area contributed by atoms with Crippen molar-refractivity contribution in [2.75, 3.05) is 0 Å². The van der Waals surface area contributed by atoms with Gasteiger partial charge in [-0.1, -0.05) is 0 Å². The lowest BCUT2D eigenvalue weighted by molar-refractivity contribution is -0.152. The van der Waals surface area contributed by atoms with Gasteiger partial charge in [0, 0.05) is 18.8 Å². The molecular formula is C12H17N3O3. The summed E-state index contributed by atoms with van der Waals surface area (Å²) in [5.74, 6) is -1.96. The number of carbonyl (C=O) groups excluding carboxylic acids is 1. The molecule has 1 amide bonds. The van der Waals surface area contributed by atoms with Crippen LogP contribution in [0.1, 0.15) is 31.4 Å². The van der Waals surface area contributed by atoms with E-state index in [9.17, 15) is 9.59 Å². The summed E-state index contributed by atoms with van der Waals surface area (Å²) in [4.78, 5) is 22.8. The zero-order valence-corrected chi connectivity index (χ0v) is 10.5. The molecule has 1 aromatic heterocycles. The van der Waals surface area contributed by atoms with E-state index >= 15 is 0 Å². The topological polar surface area (TPSA) is 84.2 Å². The van der Waals surface area contributed by atoms with E-state index < -0.39 is 11.9 Å². The number of aryl methyl sites for hydroxylation is 1. The minimum absolute atomic E-state index is 0.152. The number of amides is 1. The van der Waals surface area contributed by atoms with E-state index in [0.717, 1.165) is 5.56 Å². The minimum Gasteiger partial charge on any atom is -0.481 e. The fourth-order valence-corrected chi connectivity index (χ4v) is 2.18. The van der Waals surface area contributed by atoms with E-state index in [-0.39, 0.29) is 17.9 Å². The summed E-state index contributed by atoms with van der Waals surface area (Å²) in [7, 11) is 1.81. The number of hydrogen-bond acceptors (Lipinski definition) is 3. The molecule has 1 fully saturated rings. The first-order valence-corrected chi connectivity index (χ1v) is 6.00. The van der Waals surface area contributed by atoms with Gasteiger partial charge in [-0.05, 0) is 19.8 Å². The number of carboxylic acid groups (broad SMARTS) is 1. The smallest absolute Gasteiger partial charge is 0.307 e. The van der Waals surface area contributed by atoms with Crippen molar-refractivity contribution in [3.05, 3.63) is 18.0 Å². The highest BCUT2D eigenvalue weighted by molar-refractivity contribution is 5.86. The van der Waals surface area contributed by atoms with E-state index in [1.165, 1.54) is 0 Å². The van der Waals surface area contributed by atoms with Crippen molar-refractivity contribution in [1.82, 2.24) is 15.1 Å². The molecule has 3 unspecified atom stereocenters. The Kier molecular flexibility index (Phi) is 3.36. The van der Waals surface area contributed by atoms with Gasteiger partial charge >= 0.3 is 5.97 Å². The molecule has 1 heterocycles. The molecule has 2 N–H and O–H groups in total. The van der Waals surface area contributed by atoms with E-state index in [1.54, 1.807) is 10.9 Å². The Bertz CT molecular complexity index is 469. The van der Waals surface area contributed by atoms with E-state index in [2.05, 4.69) is 10.4 Å². The van der Waals surface area contributed by atoms with Crippen LogP contribution in [0.3, 0.4) is 0 Å². The van der Waals surface area contributed by atoms with Gasteiger partial charge < -0.3 is 10.4 Å². The van der Waals surface area contributed by atoms with Crippen LogP contribution in [0.5, 0.6) is 0 Å². The molecule has 18 heavy (non-hydrogen) atoms. The maximum Gasteiger partial charge on any atom is 0.307 e. The molecule has 0 radical (unpaired) electrons. The van der Waals surface area contributed by atoms with Gasteiger partial charge in [0.2, 0.25) is 5.91 Å². The molecule has 1 saturated carbocycles. The van der Waals surface area contributed by atoms with E-state index in [0.29, 0.717) is 12.8 Å². The second-order valence-corrected chi connectivity index (χ2v) is 4.81. The Morgan fingerprint density at radius 3 is 2.61 bits per heavy atom. The van der Waals surface area contributed by atoms with E-state index in [1.807, 2.05) is 20.2 Å². The number of nitrogens with one attached hydrogen (secondary N) is 1. The Morgan fingerprint density at radius 2 is 2.17 bits per heavy atom. The van der Waals surface area contributed by atoms with E-state index in [4.69, 9.17) is 5.11 Å². The number of aliphatic carboxylic acids is 1. The van der Waals surface area contributed by atoms with Gasteiger partial charge in [0.15, 0.2) is 0 Å². The molecule has 1 aliphatic rings. The SMILES string of the molecule is CC(NC(=O)C1CCC1C(=O)O)c1cnn(C)c1. The summed E-state index contributed by atoms with van der Waals surface area (Å²) < 4.78 is 1.67. The van der Waals surface area contributed by atoms with Crippen LogP contribution in [0, 0.1) is 11.8 Å². The van der Waals surface area contributed by atoms with Gasteiger partial charge in [0.05, 0.1) is 24.1 Å². The summed E-state index contributed by atoms with van der Waals surface area (Å²) in [6.45, 7) is 1.86. The first kappa shape index (κ1) is 12.6. The van der Waals surface area contributed by atoms with Crippen LogP contribution in [0.25, 0.3) is 0 Å². The lowest BCUT2D eigenvalue weighted by Crippen LogP contribution is -2.44. The Hall–Kier alpha value is -1.85. The normalized spacial score (nSPS) is 24.1.